The highest BCUT2D eigenvalue weighted by Crippen LogP contribution is 2.19. The van der Waals surface area contributed by atoms with E-state index in [9.17, 15) is 4.79 Å². The number of halogens is 2. The van der Waals surface area contributed by atoms with Crippen molar-refractivity contribution in [2.45, 2.75) is 12.5 Å². The lowest BCUT2D eigenvalue weighted by atomic mass is 10.2. The average Bonchev–Trinajstić information content (AvgIpc) is 2.74. The van der Waals surface area contributed by atoms with Crippen LogP contribution in [0.3, 0.4) is 0 Å². The van der Waals surface area contributed by atoms with Gasteiger partial charge in [-0.3, -0.25) is 4.79 Å². The summed E-state index contributed by atoms with van der Waals surface area (Å²) >= 11 is 8.01. The van der Waals surface area contributed by atoms with Gasteiger partial charge in [0.1, 0.15) is 0 Å². The highest BCUT2D eigenvalue weighted by molar-refractivity contribution is 14.1. The van der Waals surface area contributed by atoms with Gasteiger partial charge in [0.05, 0.1) is 17.7 Å². The van der Waals surface area contributed by atoms with Gasteiger partial charge in [-0.2, -0.15) is 0 Å². The molecule has 86 valence electrons. The second kappa shape index (κ2) is 5.33. The molecule has 2 rings (SSSR count). The number of carbonyl (C=O) groups excluding carboxylic acids is 1. The van der Waals surface area contributed by atoms with E-state index >= 15 is 0 Å². The van der Waals surface area contributed by atoms with Gasteiger partial charge >= 0.3 is 0 Å². The summed E-state index contributed by atoms with van der Waals surface area (Å²) < 4.78 is 6.08. The monoisotopic (exact) mass is 351 g/mol. The van der Waals surface area contributed by atoms with Crippen molar-refractivity contribution in [3.63, 3.8) is 0 Å². The minimum absolute atomic E-state index is 0.0647. The third-order valence-electron chi connectivity index (χ3n) is 2.45. The summed E-state index contributed by atoms with van der Waals surface area (Å²) in [5, 5.41) is 3.60. The van der Waals surface area contributed by atoms with Crippen molar-refractivity contribution >= 4 is 40.1 Å². The Morgan fingerprint density at radius 2 is 2.38 bits per heavy atom. The lowest BCUT2D eigenvalue weighted by molar-refractivity contribution is 0.0930. The molecule has 0 bridgehead atoms. The first-order chi connectivity index (χ1) is 7.66. The lowest BCUT2D eigenvalue weighted by Gasteiger charge is -2.10. The van der Waals surface area contributed by atoms with Crippen LogP contribution in [0.2, 0.25) is 5.02 Å². The molecule has 1 saturated heterocycles. The zero-order valence-corrected chi connectivity index (χ0v) is 11.4. The molecule has 1 amide bonds. The highest BCUT2D eigenvalue weighted by Gasteiger charge is 2.18. The SMILES string of the molecule is O=C(NC1CCOC1)c1ccc(Cl)c(I)c1. The summed E-state index contributed by atoms with van der Waals surface area (Å²) in [5.74, 6) is -0.0647. The number of rotatable bonds is 2. The van der Waals surface area contributed by atoms with Crippen LogP contribution in [0.15, 0.2) is 18.2 Å². The quantitative estimate of drug-likeness (QED) is 0.831. The molecule has 0 saturated carbocycles. The van der Waals surface area contributed by atoms with Gasteiger partial charge < -0.3 is 10.1 Å². The number of hydrogen-bond acceptors (Lipinski definition) is 2. The number of ether oxygens (including phenoxy) is 1. The van der Waals surface area contributed by atoms with Crippen LogP contribution in [0, 0.1) is 3.57 Å². The molecule has 16 heavy (non-hydrogen) atoms. The molecule has 0 aliphatic carbocycles. The maximum absolute atomic E-state index is 11.9. The van der Waals surface area contributed by atoms with Gasteiger partial charge in [0, 0.05) is 15.7 Å². The maximum atomic E-state index is 11.9. The Morgan fingerprint density at radius 1 is 1.56 bits per heavy atom. The molecule has 1 N–H and O–H groups in total. The number of hydrogen-bond donors (Lipinski definition) is 1. The predicted molar refractivity (Wildman–Crippen MR) is 70.9 cm³/mol. The molecule has 1 heterocycles. The zero-order valence-electron chi connectivity index (χ0n) is 8.50. The first kappa shape index (κ1) is 12.1. The van der Waals surface area contributed by atoms with Crippen LogP contribution >= 0.6 is 34.2 Å². The fraction of sp³-hybridized carbons (Fsp3) is 0.364. The summed E-state index contributed by atoms with van der Waals surface area (Å²) in [6, 6.07) is 5.40. The lowest BCUT2D eigenvalue weighted by Crippen LogP contribution is -2.35. The van der Waals surface area contributed by atoms with Crippen LogP contribution in [-0.4, -0.2) is 25.2 Å². The van der Waals surface area contributed by atoms with Crippen LogP contribution in [0.5, 0.6) is 0 Å². The van der Waals surface area contributed by atoms with Crippen molar-refractivity contribution in [2.24, 2.45) is 0 Å². The van der Waals surface area contributed by atoms with Crippen LogP contribution in [0.25, 0.3) is 0 Å². The van der Waals surface area contributed by atoms with E-state index in [-0.39, 0.29) is 11.9 Å². The van der Waals surface area contributed by atoms with E-state index in [4.69, 9.17) is 16.3 Å². The van der Waals surface area contributed by atoms with Crippen molar-refractivity contribution in [3.05, 3.63) is 32.4 Å². The second-order valence-electron chi connectivity index (χ2n) is 3.66. The standard InChI is InChI=1S/C11H11ClINO2/c12-9-2-1-7(5-10(9)13)11(15)14-8-3-4-16-6-8/h1-2,5,8H,3-4,6H2,(H,14,15). The summed E-state index contributed by atoms with van der Waals surface area (Å²) in [6.07, 6.45) is 0.885. The molecule has 5 heteroatoms. The molecule has 1 atom stereocenters. The van der Waals surface area contributed by atoms with Gasteiger partial charge in [-0.1, -0.05) is 11.6 Å². The number of carbonyl (C=O) groups is 1. The van der Waals surface area contributed by atoms with Gasteiger partial charge in [0.2, 0.25) is 0 Å². The van der Waals surface area contributed by atoms with Gasteiger partial charge in [0.25, 0.3) is 5.91 Å². The molecule has 1 aromatic carbocycles. The average molecular weight is 352 g/mol. The van der Waals surface area contributed by atoms with Crippen molar-refractivity contribution in [1.29, 1.82) is 0 Å². The molecule has 1 fully saturated rings. The van der Waals surface area contributed by atoms with E-state index in [2.05, 4.69) is 27.9 Å². The van der Waals surface area contributed by atoms with E-state index < -0.39 is 0 Å². The smallest absolute Gasteiger partial charge is 0.251 e. The van der Waals surface area contributed by atoms with Gasteiger partial charge in [-0.25, -0.2) is 0 Å². The van der Waals surface area contributed by atoms with Gasteiger partial charge in [-0.05, 0) is 47.2 Å². The highest BCUT2D eigenvalue weighted by atomic mass is 127. The first-order valence-electron chi connectivity index (χ1n) is 5.00. The van der Waals surface area contributed by atoms with E-state index in [0.717, 1.165) is 16.6 Å². The molecule has 1 aliphatic heterocycles. The molecule has 3 nitrogen and oxygen atoms in total. The molecule has 1 aromatic rings. The second-order valence-corrected chi connectivity index (χ2v) is 5.23. The Kier molecular flexibility index (Phi) is 4.05. The van der Waals surface area contributed by atoms with Crippen LogP contribution in [0.1, 0.15) is 16.8 Å². The Bertz CT molecular complexity index is 405. The van der Waals surface area contributed by atoms with Gasteiger partial charge in [-0.15, -0.1) is 0 Å². The van der Waals surface area contributed by atoms with E-state index in [0.29, 0.717) is 17.2 Å². The van der Waals surface area contributed by atoms with Crippen molar-refractivity contribution in [2.75, 3.05) is 13.2 Å². The van der Waals surface area contributed by atoms with E-state index in [1.165, 1.54) is 0 Å². The van der Waals surface area contributed by atoms with Crippen LogP contribution in [-0.2, 0) is 4.74 Å². The molecular formula is C11H11ClINO2. The fourth-order valence-electron chi connectivity index (χ4n) is 1.55. The first-order valence-corrected chi connectivity index (χ1v) is 6.46. The van der Waals surface area contributed by atoms with Crippen LogP contribution < -0.4 is 5.32 Å². The number of benzene rings is 1. The molecular weight excluding hydrogens is 340 g/mol. The number of nitrogens with one attached hydrogen (secondary N) is 1. The third-order valence-corrected chi connectivity index (χ3v) is 3.99. The largest absolute Gasteiger partial charge is 0.379 e. The minimum atomic E-state index is -0.0647. The molecule has 0 radical (unpaired) electrons. The maximum Gasteiger partial charge on any atom is 0.251 e. The summed E-state index contributed by atoms with van der Waals surface area (Å²) in [7, 11) is 0. The van der Waals surface area contributed by atoms with Crippen molar-refractivity contribution in [3.8, 4) is 0 Å². The molecule has 1 unspecified atom stereocenters. The zero-order chi connectivity index (χ0) is 11.5. The minimum Gasteiger partial charge on any atom is -0.379 e. The van der Waals surface area contributed by atoms with Gasteiger partial charge in [0.15, 0.2) is 0 Å². The predicted octanol–water partition coefficient (Wildman–Crippen LogP) is 2.46. The van der Waals surface area contributed by atoms with E-state index in [1.807, 2.05) is 0 Å². The van der Waals surface area contributed by atoms with E-state index in [1.54, 1.807) is 18.2 Å². The Hall–Kier alpha value is -0.330. The topological polar surface area (TPSA) is 38.3 Å². The van der Waals surface area contributed by atoms with Crippen molar-refractivity contribution < 1.29 is 9.53 Å². The summed E-state index contributed by atoms with van der Waals surface area (Å²) in [6.45, 7) is 1.33. The fourth-order valence-corrected chi connectivity index (χ4v) is 2.19. The Balaban J connectivity index is 2.05. The molecule has 0 aromatic heterocycles. The summed E-state index contributed by atoms with van der Waals surface area (Å²) in [5.41, 5.74) is 0.640. The Morgan fingerprint density at radius 3 is 3.00 bits per heavy atom. The third kappa shape index (κ3) is 2.87. The number of amides is 1. The van der Waals surface area contributed by atoms with Crippen molar-refractivity contribution in [1.82, 2.24) is 5.32 Å². The molecule has 1 aliphatic rings. The normalized spacial score (nSPS) is 19.8. The van der Waals surface area contributed by atoms with Crippen LogP contribution in [0.4, 0.5) is 0 Å². The Labute approximate surface area is 113 Å². The molecule has 0 spiro atoms. The summed E-state index contributed by atoms with van der Waals surface area (Å²) in [4.78, 5) is 11.9.